The number of nitrogens with zero attached hydrogens (tertiary/aromatic N) is 2. The van der Waals surface area contributed by atoms with Gasteiger partial charge in [0, 0.05) is 40.1 Å². The SMILES string of the molecule is CC(C)CNC(=O)[C@H](Cc1ccccc1)N(Cc1c(Cl)cccc1Cl)C(=O)CN(c1cccc(Cl)c1)S(=O)(=O)c1ccccc1. The summed E-state index contributed by atoms with van der Waals surface area (Å²) in [5.41, 5.74) is 1.44. The molecule has 0 fully saturated rings. The number of hydrogen-bond donors (Lipinski definition) is 1. The number of halogens is 3. The molecular formula is C34H34Cl3N3O4S. The molecule has 0 saturated heterocycles. The summed E-state index contributed by atoms with van der Waals surface area (Å²) in [5, 5.41) is 3.87. The zero-order chi connectivity index (χ0) is 32.6. The second-order valence-electron chi connectivity index (χ2n) is 10.9. The minimum Gasteiger partial charge on any atom is -0.354 e. The van der Waals surface area contributed by atoms with Gasteiger partial charge in [0.05, 0.1) is 10.6 Å². The maximum atomic E-state index is 14.5. The van der Waals surface area contributed by atoms with Crippen LogP contribution in [0.5, 0.6) is 0 Å². The van der Waals surface area contributed by atoms with Crippen LogP contribution in [0, 0.1) is 5.92 Å². The Morgan fingerprint density at radius 3 is 2.00 bits per heavy atom. The Morgan fingerprint density at radius 2 is 1.40 bits per heavy atom. The van der Waals surface area contributed by atoms with Crippen molar-refractivity contribution in [3.05, 3.63) is 129 Å². The molecule has 0 saturated carbocycles. The second kappa shape index (κ2) is 15.6. The molecule has 4 aromatic rings. The summed E-state index contributed by atoms with van der Waals surface area (Å²) in [6.07, 6.45) is 0.168. The first-order valence-electron chi connectivity index (χ1n) is 14.3. The third-order valence-electron chi connectivity index (χ3n) is 7.05. The maximum absolute atomic E-state index is 14.5. The monoisotopic (exact) mass is 685 g/mol. The minimum absolute atomic E-state index is 0.00557. The molecule has 236 valence electrons. The van der Waals surface area contributed by atoms with Crippen LogP contribution in [0.3, 0.4) is 0 Å². The highest BCUT2D eigenvalue weighted by Crippen LogP contribution is 2.30. The van der Waals surface area contributed by atoms with Crippen molar-refractivity contribution in [1.82, 2.24) is 10.2 Å². The van der Waals surface area contributed by atoms with Crippen molar-refractivity contribution in [1.29, 1.82) is 0 Å². The molecule has 0 heterocycles. The normalized spacial score (nSPS) is 12.0. The molecule has 0 aliphatic rings. The Labute approximate surface area is 279 Å². The predicted molar refractivity (Wildman–Crippen MR) is 181 cm³/mol. The molecular weight excluding hydrogens is 653 g/mol. The van der Waals surface area contributed by atoms with Crippen molar-refractivity contribution in [3.8, 4) is 0 Å². The van der Waals surface area contributed by atoms with Crippen LogP contribution in [-0.2, 0) is 32.6 Å². The standard InChI is InChI=1S/C34H34Cl3N3O4S/c1-24(2)21-38-34(42)32(19-25-11-5-3-6-12-25)39(22-29-30(36)17-10-18-31(29)37)33(41)23-40(27-14-9-13-26(35)20-27)45(43,44)28-15-7-4-8-16-28/h3-18,20,24,32H,19,21-23H2,1-2H3,(H,38,42)/t32-/m0/s1. The van der Waals surface area contributed by atoms with Crippen molar-refractivity contribution >= 4 is 62.3 Å². The number of anilines is 1. The average Bonchev–Trinajstić information content (AvgIpc) is 3.02. The lowest BCUT2D eigenvalue weighted by molar-refractivity contribution is -0.140. The zero-order valence-corrected chi connectivity index (χ0v) is 28.0. The van der Waals surface area contributed by atoms with Crippen LogP contribution in [0.25, 0.3) is 0 Å². The molecule has 0 radical (unpaired) electrons. The summed E-state index contributed by atoms with van der Waals surface area (Å²) in [6, 6.07) is 27.3. The lowest BCUT2D eigenvalue weighted by Crippen LogP contribution is -2.53. The molecule has 4 rings (SSSR count). The molecule has 0 aliphatic carbocycles. The van der Waals surface area contributed by atoms with Crippen LogP contribution in [0.1, 0.15) is 25.0 Å². The van der Waals surface area contributed by atoms with Crippen LogP contribution >= 0.6 is 34.8 Å². The van der Waals surface area contributed by atoms with Gasteiger partial charge in [-0.25, -0.2) is 8.42 Å². The van der Waals surface area contributed by atoms with Gasteiger partial charge in [-0.15, -0.1) is 0 Å². The molecule has 0 aliphatic heterocycles. The van der Waals surface area contributed by atoms with E-state index in [1.807, 2.05) is 44.2 Å². The second-order valence-corrected chi connectivity index (χ2v) is 14.0. The first-order chi connectivity index (χ1) is 21.5. The molecule has 0 spiro atoms. The van der Waals surface area contributed by atoms with Gasteiger partial charge in [0.25, 0.3) is 10.0 Å². The molecule has 4 aromatic carbocycles. The Bertz CT molecular complexity index is 1700. The summed E-state index contributed by atoms with van der Waals surface area (Å²) < 4.78 is 29.1. The van der Waals surface area contributed by atoms with E-state index < -0.39 is 28.5 Å². The summed E-state index contributed by atoms with van der Waals surface area (Å²) in [7, 11) is -4.24. The molecule has 2 amide bonds. The van der Waals surface area contributed by atoms with Crippen LogP contribution in [0.4, 0.5) is 5.69 Å². The molecule has 1 N–H and O–H groups in total. The maximum Gasteiger partial charge on any atom is 0.264 e. The van der Waals surface area contributed by atoms with Crippen LogP contribution in [0.2, 0.25) is 15.1 Å². The number of nitrogens with one attached hydrogen (secondary N) is 1. The topological polar surface area (TPSA) is 86.8 Å². The molecule has 0 unspecified atom stereocenters. The van der Waals surface area contributed by atoms with E-state index in [2.05, 4.69) is 5.32 Å². The number of carbonyl (C=O) groups is 2. The van der Waals surface area contributed by atoms with Crippen molar-refractivity contribution in [2.24, 2.45) is 5.92 Å². The quantitative estimate of drug-likeness (QED) is 0.161. The van der Waals surface area contributed by atoms with Gasteiger partial charge >= 0.3 is 0 Å². The first-order valence-corrected chi connectivity index (χ1v) is 16.9. The Morgan fingerprint density at radius 1 is 0.800 bits per heavy atom. The van der Waals surface area contributed by atoms with E-state index in [4.69, 9.17) is 34.8 Å². The van der Waals surface area contributed by atoms with Gasteiger partial charge in [0.2, 0.25) is 11.8 Å². The Balaban J connectivity index is 1.83. The number of benzene rings is 4. The zero-order valence-electron chi connectivity index (χ0n) is 24.9. The fourth-order valence-electron chi connectivity index (χ4n) is 4.71. The molecule has 1 atom stereocenters. The lowest BCUT2D eigenvalue weighted by atomic mass is 10.0. The summed E-state index contributed by atoms with van der Waals surface area (Å²) in [5.74, 6) is -0.863. The largest absolute Gasteiger partial charge is 0.354 e. The third-order valence-corrected chi connectivity index (χ3v) is 9.78. The highest BCUT2D eigenvalue weighted by atomic mass is 35.5. The van der Waals surface area contributed by atoms with Crippen LogP contribution < -0.4 is 9.62 Å². The Kier molecular flexibility index (Phi) is 11.9. The number of sulfonamides is 1. The van der Waals surface area contributed by atoms with Crippen molar-refractivity contribution in [2.45, 2.75) is 37.8 Å². The van der Waals surface area contributed by atoms with E-state index in [1.54, 1.807) is 54.6 Å². The highest BCUT2D eigenvalue weighted by molar-refractivity contribution is 7.92. The first kappa shape index (κ1) is 34.3. The van der Waals surface area contributed by atoms with E-state index >= 15 is 0 Å². The summed E-state index contributed by atoms with van der Waals surface area (Å²) in [6.45, 7) is 3.56. The Hall–Kier alpha value is -3.56. The number of hydrogen-bond acceptors (Lipinski definition) is 4. The van der Waals surface area contributed by atoms with E-state index in [0.717, 1.165) is 9.87 Å². The fourth-order valence-corrected chi connectivity index (χ4v) is 6.84. The van der Waals surface area contributed by atoms with Gasteiger partial charge in [-0.2, -0.15) is 0 Å². The molecule has 7 nitrogen and oxygen atoms in total. The lowest BCUT2D eigenvalue weighted by Gasteiger charge is -2.34. The fraction of sp³-hybridized carbons (Fsp3) is 0.235. The minimum atomic E-state index is -4.24. The van der Waals surface area contributed by atoms with E-state index in [0.29, 0.717) is 27.2 Å². The predicted octanol–water partition coefficient (Wildman–Crippen LogP) is 7.25. The molecule has 11 heteroatoms. The average molecular weight is 687 g/mol. The third kappa shape index (κ3) is 9.01. The van der Waals surface area contributed by atoms with Gasteiger partial charge in [-0.05, 0) is 53.9 Å². The van der Waals surface area contributed by atoms with Crippen LogP contribution in [0.15, 0.2) is 108 Å². The van der Waals surface area contributed by atoms with Gasteiger partial charge in [0.15, 0.2) is 0 Å². The molecule has 0 bridgehead atoms. The highest BCUT2D eigenvalue weighted by Gasteiger charge is 2.35. The van der Waals surface area contributed by atoms with Gasteiger partial charge < -0.3 is 10.2 Å². The van der Waals surface area contributed by atoms with Gasteiger partial charge in [-0.1, -0.05) is 109 Å². The van der Waals surface area contributed by atoms with Crippen molar-refractivity contribution in [2.75, 3.05) is 17.4 Å². The summed E-state index contributed by atoms with van der Waals surface area (Å²) in [4.78, 5) is 29.7. The van der Waals surface area contributed by atoms with Crippen molar-refractivity contribution in [3.63, 3.8) is 0 Å². The molecule has 45 heavy (non-hydrogen) atoms. The van der Waals surface area contributed by atoms with E-state index in [-0.39, 0.29) is 35.4 Å². The van der Waals surface area contributed by atoms with Crippen molar-refractivity contribution < 1.29 is 18.0 Å². The van der Waals surface area contributed by atoms with Gasteiger partial charge in [0.1, 0.15) is 12.6 Å². The smallest absolute Gasteiger partial charge is 0.264 e. The van der Waals surface area contributed by atoms with Crippen LogP contribution in [-0.4, -0.2) is 44.3 Å². The number of carbonyl (C=O) groups excluding carboxylic acids is 2. The van der Waals surface area contributed by atoms with E-state index in [1.165, 1.54) is 23.1 Å². The molecule has 0 aromatic heterocycles. The summed E-state index contributed by atoms with van der Waals surface area (Å²) >= 11 is 19.4. The number of amides is 2. The van der Waals surface area contributed by atoms with E-state index in [9.17, 15) is 18.0 Å². The number of rotatable bonds is 13. The van der Waals surface area contributed by atoms with Gasteiger partial charge in [-0.3, -0.25) is 13.9 Å².